The minimum Gasteiger partial charge on any atom is -0.465 e. The van der Waals surface area contributed by atoms with Crippen LogP contribution in [0.15, 0.2) is 29.8 Å². The van der Waals surface area contributed by atoms with Gasteiger partial charge in [-0.2, -0.15) is 0 Å². The van der Waals surface area contributed by atoms with Crippen LogP contribution in [0.3, 0.4) is 0 Å². The number of hydrogen-bond donors (Lipinski definition) is 0. The van der Waals surface area contributed by atoms with Crippen molar-refractivity contribution in [3.63, 3.8) is 0 Å². The van der Waals surface area contributed by atoms with Gasteiger partial charge in [-0.05, 0) is 61.8 Å². The topological polar surface area (TPSA) is 61.8 Å². The fourth-order valence-corrected chi connectivity index (χ4v) is 6.05. The fraction of sp³-hybridized carbons (Fsp3) is 0.565. The van der Waals surface area contributed by atoms with Gasteiger partial charge in [0.25, 0.3) is 0 Å². The maximum atomic E-state index is 13.5. The lowest BCUT2D eigenvalue weighted by Crippen LogP contribution is -2.55. The van der Waals surface area contributed by atoms with Crippen molar-refractivity contribution in [2.45, 2.75) is 51.9 Å². The minimum absolute atomic E-state index is 0.0155. The molecule has 4 atom stereocenters. The molecule has 148 valence electrons. The van der Waals surface area contributed by atoms with E-state index in [-0.39, 0.29) is 30.3 Å². The van der Waals surface area contributed by atoms with Crippen LogP contribution in [0.25, 0.3) is 5.57 Å². The van der Waals surface area contributed by atoms with Crippen LogP contribution in [0.4, 0.5) is 0 Å². The van der Waals surface area contributed by atoms with Crippen LogP contribution in [0.2, 0.25) is 0 Å². The van der Waals surface area contributed by atoms with Gasteiger partial charge in [0.15, 0.2) is 17.0 Å². The Morgan fingerprint density at radius 1 is 1.29 bits per heavy atom. The number of ketones is 1. The summed E-state index contributed by atoms with van der Waals surface area (Å²) in [6.45, 7) is 6.21. The molecule has 0 unspecified atom stereocenters. The van der Waals surface area contributed by atoms with Crippen molar-refractivity contribution in [1.29, 1.82) is 0 Å². The molecule has 0 N–H and O–H groups in total. The maximum absolute atomic E-state index is 13.5. The van der Waals surface area contributed by atoms with Gasteiger partial charge < -0.3 is 14.2 Å². The normalized spacial score (nSPS) is 35.1. The highest BCUT2D eigenvalue weighted by Crippen LogP contribution is 2.65. The monoisotopic (exact) mass is 382 g/mol. The van der Waals surface area contributed by atoms with Gasteiger partial charge in [-0.1, -0.05) is 24.3 Å². The van der Waals surface area contributed by atoms with Crippen LogP contribution in [0.1, 0.15) is 44.7 Å². The van der Waals surface area contributed by atoms with Crippen LogP contribution in [0.5, 0.6) is 0 Å². The number of carbonyl (C=O) groups excluding carboxylic acids is 2. The summed E-state index contributed by atoms with van der Waals surface area (Å²) in [5, 5.41) is 0. The number of carbonyl (C=O) groups is 2. The average molecular weight is 382 g/mol. The molecule has 1 saturated carbocycles. The SMILES string of the molecule is CCOC(=O)[C@@]12C(=O)CC[C@@H](C3=C1Cc1ccccc13)[C@H]2[C@H]1COC(C)(C)O1. The van der Waals surface area contributed by atoms with E-state index in [9.17, 15) is 9.59 Å². The standard InChI is InChI=1S/C23H26O5/c1-4-26-21(25)23-16-11-13-7-5-6-8-14(13)19(16)15(9-10-18(23)24)20(23)17-12-27-22(2,3)28-17/h5-8,15,17,20H,4,9-12H2,1-3H3/t15-,17+,20-,23+/m0/s1. The summed E-state index contributed by atoms with van der Waals surface area (Å²) in [6.07, 6.45) is 1.50. The Bertz CT molecular complexity index is 898. The van der Waals surface area contributed by atoms with E-state index >= 15 is 0 Å². The van der Waals surface area contributed by atoms with E-state index in [1.54, 1.807) is 6.92 Å². The van der Waals surface area contributed by atoms with Crippen molar-refractivity contribution in [3.05, 3.63) is 41.0 Å². The molecule has 1 aromatic rings. The first-order valence-corrected chi connectivity index (χ1v) is 10.2. The molecule has 0 spiro atoms. The van der Waals surface area contributed by atoms with Gasteiger partial charge in [-0.15, -0.1) is 0 Å². The Morgan fingerprint density at radius 2 is 2.07 bits per heavy atom. The number of ether oxygens (including phenoxy) is 3. The van der Waals surface area contributed by atoms with E-state index in [0.717, 1.165) is 12.0 Å². The summed E-state index contributed by atoms with van der Waals surface area (Å²) < 4.78 is 17.6. The molecule has 5 rings (SSSR count). The molecule has 1 aromatic carbocycles. The predicted molar refractivity (Wildman–Crippen MR) is 102 cm³/mol. The third-order valence-corrected chi connectivity index (χ3v) is 6.93. The van der Waals surface area contributed by atoms with E-state index < -0.39 is 17.2 Å². The minimum atomic E-state index is -1.23. The van der Waals surface area contributed by atoms with Crippen molar-refractivity contribution in [2.24, 2.45) is 17.3 Å². The molecule has 5 nitrogen and oxygen atoms in total. The molecule has 0 radical (unpaired) electrons. The Hall–Kier alpha value is -1.98. The summed E-state index contributed by atoms with van der Waals surface area (Å²) in [7, 11) is 0. The van der Waals surface area contributed by atoms with Crippen LogP contribution in [-0.2, 0) is 30.2 Å². The number of esters is 1. The quantitative estimate of drug-likeness (QED) is 0.593. The number of hydrogen-bond acceptors (Lipinski definition) is 5. The third-order valence-electron chi connectivity index (χ3n) is 6.93. The fourth-order valence-electron chi connectivity index (χ4n) is 6.05. The van der Waals surface area contributed by atoms with Crippen LogP contribution in [-0.4, -0.2) is 36.9 Å². The van der Waals surface area contributed by atoms with E-state index in [0.29, 0.717) is 19.4 Å². The van der Waals surface area contributed by atoms with Crippen molar-refractivity contribution in [3.8, 4) is 0 Å². The second-order valence-corrected chi connectivity index (χ2v) is 8.72. The zero-order valence-corrected chi connectivity index (χ0v) is 16.6. The van der Waals surface area contributed by atoms with Gasteiger partial charge in [0.1, 0.15) is 0 Å². The van der Waals surface area contributed by atoms with Gasteiger partial charge in [0.2, 0.25) is 0 Å². The van der Waals surface area contributed by atoms with Crippen molar-refractivity contribution in [2.75, 3.05) is 13.2 Å². The van der Waals surface area contributed by atoms with Gasteiger partial charge in [-0.3, -0.25) is 9.59 Å². The molecule has 5 heteroatoms. The molecule has 1 aliphatic heterocycles. The smallest absolute Gasteiger partial charge is 0.324 e. The van der Waals surface area contributed by atoms with Crippen LogP contribution in [0, 0.1) is 17.3 Å². The second kappa shape index (κ2) is 6.01. The molecular weight excluding hydrogens is 356 g/mol. The van der Waals surface area contributed by atoms with Crippen molar-refractivity contribution in [1.82, 2.24) is 0 Å². The summed E-state index contributed by atoms with van der Waals surface area (Å²) in [6, 6.07) is 8.27. The molecular formula is C23H26O5. The molecule has 3 aliphatic carbocycles. The molecule has 1 heterocycles. The van der Waals surface area contributed by atoms with E-state index in [1.807, 2.05) is 26.0 Å². The predicted octanol–water partition coefficient (Wildman–Crippen LogP) is 3.31. The molecule has 0 aromatic heterocycles. The summed E-state index contributed by atoms with van der Waals surface area (Å²) >= 11 is 0. The number of benzene rings is 1. The molecule has 2 fully saturated rings. The van der Waals surface area contributed by atoms with Gasteiger partial charge in [0, 0.05) is 12.3 Å². The molecule has 1 saturated heterocycles. The van der Waals surface area contributed by atoms with E-state index in [1.165, 1.54) is 16.7 Å². The third kappa shape index (κ3) is 2.20. The summed E-state index contributed by atoms with van der Waals surface area (Å²) in [5.41, 5.74) is 3.29. The van der Waals surface area contributed by atoms with Crippen LogP contribution >= 0.6 is 0 Å². The highest BCUT2D eigenvalue weighted by atomic mass is 16.7. The number of rotatable bonds is 3. The number of Topliss-reactive ketones (excluding diaryl/α,β-unsaturated/α-hetero) is 1. The zero-order chi connectivity index (χ0) is 19.7. The second-order valence-electron chi connectivity index (χ2n) is 8.72. The van der Waals surface area contributed by atoms with Gasteiger partial charge in [-0.25, -0.2) is 0 Å². The Morgan fingerprint density at radius 3 is 2.79 bits per heavy atom. The number of fused-ring (bicyclic) bond motifs is 6. The lowest BCUT2D eigenvalue weighted by Gasteiger charge is -2.43. The van der Waals surface area contributed by atoms with Crippen molar-refractivity contribution >= 4 is 17.3 Å². The Kier molecular flexibility index (Phi) is 3.88. The summed E-state index contributed by atoms with van der Waals surface area (Å²) in [4.78, 5) is 26.9. The van der Waals surface area contributed by atoms with E-state index in [4.69, 9.17) is 14.2 Å². The largest absolute Gasteiger partial charge is 0.465 e. The van der Waals surface area contributed by atoms with Crippen LogP contribution < -0.4 is 0 Å². The Labute approximate surface area is 165 Å². The Balaban J connectivity index is 1.69. The average Bonchev–Trinajstić information content (AvgIpc) is 3.27. The number of allylic oxidation sites excluding steroid dienone is 1. The first-order valence-electron chi connectivity index (χ1n) is 10.2. The first kappa shape index (κ1) is 18.1. The zero-order valence-electron chi connectivity index (χ0n) is 16.6. The molecule has 0 amide bonds. The van der Waals surface area contributed by atoms with Gasteiger partial charge in [0.05, 0.1) is 19.3 Å². The highest BCUT2D eigenvalue weighted by molar-refractivity contribution is 6.13. The lowest BCUT2D eigenvalue weighted by molar-refractivity contribution is -0.176. The van der Waals surface area contributed by atoms with E-state index in [2.05, 4.69) is 12.1 Å². The van der Waals surface area contributed by atoms with Gasteiger partial charge >= 0.3 is 5.97 Å². The molecule has 4 aliphatic rings. The molecule has 2 bridgehead atoms. The lowest BCUT2D eigenvalue weighted by atomic mass is 9.60. The van der Waals surface area contributed by atoms with Crippen molar-refractivity contribution < 1.29 is 23.8 Å². The first-order chi connectivity index (χ1) is 13.4. The maximum Gasteiger partial charge on any atom is 0.324 e. The summed E-state index contributed by atoms with van der Waals surface area (Å²) in [5.74, 6) is -1.27. The molecule has 28 heavy (non-hydrogen) atoms. The highest BCUT2D eigenvalue weighted by Gasteiger charge is 2.69.